The highest BCUT2D eigenvalue weighted by Gasteiger charge is 2.09. The summed E-state index contributed by atoms with van der Waals surface area (Å²) in [5, 5.41) is 14.8. The Morgan fingerprint density at radius 1 is 1.18 bits per heavy atom. The highest BCUT2D eigenvalue weighted by Crippen LogP contribution is 2.34. The largest absolute Gasteiger partial charge is 0.313 e. The van der Waals surface area contributed by atoms with Crippen LogP contribution in [0.5, 0.6) is 0 Å². The van der Waals surface area contributed by atoms with Crippen molar-refractivity contribution in [2.24, 2.45) is 0 Å². The van der Waals surface area contributed by atoms with Crippen molar-refractivity contribution in [1.29, 1.82) is 0 Å². The van der Waals surface area contributed by atoms with Crippen molar-refractivity contribution in [2.75, 3.05) is 7.05 Å². The minimum Gasteiger partial charge on any atom is -0.313 e. The lowest BCUT2D eigenvalue weighted by atomic mass is 10.2. The van der Waals surface area contributed by atoms with E-state index in [1.807, 2.05) is 7.05 Å². The summed E-state index contributed by atoms with van der Waals surface area (Å²) in [5.74, 6) is 0. The molecule has 0 aliphatic heterocycles. The number of hydrogen-bond acceptors (Lipinski definition) is 5. The Balaban J connectivity index is 2.01. The van der Waals surface area contributed by atoms with Crippen molar-refractivity contribution in [3.63, 3.8) is 0 Å². The second kappa shape index (κ2) is 4.52. The Morgan fingerprint density at radius 3 is 2.88 bits per heavy atom. The molecule has 0 atom stereocenters. The van der Waals surface area contributed by atoms with Crippen molar-refractivity contribution < 1.29 is 0 Å². The summed E-state index contributed by atoms with van der Waals surface area (Å²) in [6, 6.07) is 10.6. The molecule has 0 aliphatic rings. The van der Waals surface area contributed by atoms with Crippen LogP contribution in [0, 0.1) is 0 Å². The first-order chi connectivity index (χ1) is 8.36. The van der Waals surface area contributed by atoms with E-state index >= 15 is 0 Å². The van der Waals surface area contributed by atoms with Crippen LogP contribution in [0.1, 0.15) is 5.01 Å². The lowest BCUT2D eigenvalue weighted by Gasteiger charge is -1.88. The predicted molar refractivity (Wildman–Crippen MR) is 73.5 cm³/mol. The Morgan fingerprint density at radius 2 is 2.06 bits per heavy atom. The molecule has 2 aromatic heterocycles. The standard InChI is InChI=1S/C12H11N3S2/c1-13-7-11-14-15-12(17-11)10-6-8-4-2-3-5-9(8)16-10/h2-6,13H,7H2,1H3. The van der Waals surface area contributed by atoms with Crippen LogP contribution in [0.4, 0.5) is 0 Å². The zero-order valence-corrected chi connectivity index (χ0v) is 10.9. The van der Waals surface area contributed by atoms with E-state index in [0.717, 1.165) is 16.6 Å². The number of nitrogens with zero attached hydrogens (tertiary/aromatic N) is 2. The molecule has 1 aromatic carbocycles. The van der Waals surface area contributed by atoms with Crippen molar-refractivity contribution in [3.8, 4) is 9.88 Å². The molecule has 0 saturated carbocycles. The molecular weight excluding hydrogens is 250 g/mol. The summed E-state index contributed by atoms with van der Waals surface area (Å²) in [6.45, 7) is 0.780. The molecule has 0 amide bonds. The van der Waals surface area contributed by atoms with Gasteiger partial charge in [-0.2, -0.15) is 0 Å². The minimum absolute atomic E-state index is 0.780. The van der Waals surface area contributed by atoms with Crippen molar-refractivity contribution in [3.05, 3.63) is 35.3 Å². The third-order valence-electron chi connectivity index (χ3n) is 2.43. The first-order valence-electron chi connectivity index (χ1n) is 5.33. The van der Waals surface area contributed by atoms with E-state index in [4.69, 9.17) is 0 Å². The smallest absolute Gasteiger partial charge is 0.157 e. The summed E-state index contributed by atoms with van der Waals surface area (Å²) in [6.07, 6.45) is 0. The average molecular weight is 261 g/mol. The van der Waals surface area contributed by atoms with Gasteiger partial charge >= 0.3 is 0 Å². The van der Waals surface area contributed by atoms with Gasteiger partial charge in [-0.3, -0.25) is 0 Å². The number of nitrogens with one attached hydrogen (secondary N) is 1. The summed E-state index contributed by atoms with van der Waals surface area (Å²) in [7, 11) is 1.92. The Labute approximate surface area is 107 Å². The van der Waals surface area contributed by atoms with E-state index in [2.05, 4.69) is 45.8 Å². The number of fused-ring (bicyclic) bond motifs is 1. The number of rotatable bonds is 3. The Hall–Kier alpha value is -1.30. The van der Waals surface area contributed by atoms with E-state index in [0.29, 0.717) is 0 Å². The van der Waals surface area contributed by atoms with Gasteiger partial charge in [0.05, 0.1) is 4.88 Å². The maximum atomic E-state index is 4.24. The molecular formula is C12H11N3S2. The van der Waals surface area contributed by atoms with Crippen LogP contribution in [0.3, 0.4) is 0 Å². The van der Waals surface area contributed by atoms with Gasteiger partial charge in [-0.25, -0.2) is 0 Å². The van der Waals surface area contributed by atoms with Crippen molar-refractivity contribution >= 4 is 32.8 Å². The molecule has 0 bridgehead atoms. The number of aromatic nitrogens is 2. The first kappa shape index (κ1) is 10.8. The molecule has 2 heterocycles. The van der Waals surface area contributed by atoms with Crippen LogP contribution in [0.2, 0.25) is 0 Å². The molecule has 86 valence electrons. The van der Waals surface area contributed by atoms with Gasteiger partial charge in [0.15, 0.2) is 5.01 Å². The Kier molecular flexibility index (Phi) is 2.88. The topological polar surface area (TPSA) is 37.8 Å². The lowest BCUT2D eigenvalue weighted by Crippen LogP contribution is -2.04. The average Bonchev–Trinajstić information content (AvgIpc) is 2.94. The van der Waals surface area contributed by atoms with Crippen LogP contribution in [0.25, 0.3) is 20.0 Å². The third-order valence-corrected chi connectivity index (χ3v) is 4.64. The van der Waals surface area contributed by atoms with E-state index in [9.17, 15) is 0 Å². The molecule has 0 radical (unpaired) electrons. The Bertz CT molecular complexity index is 609. The molecule has 0 unspecified atom stereocenters. The zero-order chi connectivity index (χ0) is 11.7. The minimum atomic E-state index is 0.780. The summed E-state index contributed by atoms with van der Waals surface area (Å²) in [4.78, 5) is 1.20. The maximum Gasteiger partial charge on any atom is 0.157 e. The summed E-state index contributed by atoms with van der Waals surface area (Å²) >= 11 is 3.42. The zero-order valence-electron chi connectivity index (χ0n) is 9.30. The van der Waals surface area contributed by atoms with Gasteiger partial charge in [-0.1, -0.05) is 29.5 Å². The molecule has 3 rings (SSSR count). The van der Waals surface area contributed by atoms with Crippen LogP contribution in [-0.4, -0.2) is 17.2 Å². The van der Waals surface area contributed by atoms with Crippen LogP contribution in [0.15, 0.2) is 30.3 Å². The van der Waals surface area contributed by atoms with E-state index in [-0.39, 0.29) is 0 Å². The van der Waals surface area contributed by atoms with Gasteiger partial charge in [0, 0.05) is 11.2 Å². The van der Waals surface area contributed by atoms with E-state index < -0.39 is 0 Å². The van der Waals surface area contributed by atoms with E-state index in [1.165, 1.54) is 15.0 Å². The van der Waals surface area contributed by atoms with Crippen LogP contribution in [-0.2, 0) is 6.54 Å². The normalized spacial score (nSPS) is 11.1. The second-order valence-corrected chi connectivity index (χ2v) is 5.83. The van der Waals surface area contributed by atoms with Crippen LogP contribution < -0.4 is 5.32 Å². The SMILES string of the molecule is CNCc1nnc(-c2cc3ccccc3s2)s1. The fourth-order valence-electron chi connectivity index (χ4n) is 1.66. The molecule has 0 spiro atoms. The highest BCUT2D eigenvalue weighted by atomic mass is 32.1. The first-order valence-corrected chi connectivity index (χ1v) is 6.96. The summed E-state index contributed by atoms with van der Waals surface area (Å²) < 4.78 is 1.30. The third kappa shape index (κ3) is 2.09. The highest BCUT2D eigenvalue weighted by molar-refractivity contribution is 7.25. The van der Waals surface area contributed by atoms with Gasteiger partial charge in [0.25, 0.3) is 0 Å². The second-order valence-electron chi connectivity index (χ2n) is 3.68. The molecule has 3 nitrogen and oxygen atoms in total. The molecule has 3 aromatic rings. The molecule has 5 heteroatoms. The fourth-order valence-corrected chi connectivity index (χ4v) is 3.62. The number of thiophene rings is 1. The molecule has 0 fully saturated rings. The lowest BCUT2D eigenvalue weighted by molar-refractivity contribution is 0.795. The van der Waals surface area contributed by atoms with Gasteiger partial charge in [0.2, 0.25) is 0 Å². The van der Waals surface area contributed by atoms with Crippen molar-refractivity contribution in [1.82, 2.24) is 15.5 Å². The van der Waals surface area contributed by atoms with E-state index in [1.54, 1.807) is 22.7 Å². The molecule has 17 heavy (non-hydrogen) atoms. The predicted octanol–water partition coefficient (Wildman–Crippen LogP) is 3.14. The summed E-state index contributed by atoms with van der Waals surface area (Å²) in [5.41, 5.74) is 0. The van der Waals surface area contributed by atoms with Crippen molar-refractivity contribution in [2.45, 2.75) is 6.54 Å². The van der Waals surface area contributed by atoms with Crippen LogP contribution >= 0.6 is 22.7 Å². The maximum absolute atomic E-state index is 4.24. The molecule has 0 aliphatic carbocycles. The monoisotopic (exact) mass is 261 g/mol. The van der Waals surface area contributed by atoms with Gasteiger partial charge < -0.3 is 5.32 Å². The fraction of sp³-hybridized carbons (Fsp3) is 0.167. The molecule has 0 saturated heterocycles. The number of benzene rings is 1. The molecule has 1 N–H and O–H groups in total. The number of hydrogen-bond donors (Lipinski definition) is 1. The quantitative estimate of drug-likeness (QED) is 0.787. The van der Waals surface area contributed by atoms with Gasteiger partial charge in [-0.15, -0.1) is 21.5 Å². The van der Waals surface area contributed by atoms with Gasteiger partial charge in [0.1, 0.15) is 5.01 Å². The van der Waals surface area contributed by atoms with Gasteiger partial charge in [-0.05, 0) is 24.6 Å².